The van der Waals surface area contributed by atoms with Crippen molar-refractivity contribution in [1.29, 1.82) is 0 Å². The third-order valence-electron chi connectivity index (χ3n) is 10.7. The number of unbranched alkanes of at least 4 members (excludes halogenated alkanes) is 2. The number of fused-ring (bicyclic) bond motifs is 2. The number of benzene rings is 2. The highest BCUT2D eigenvalue weighted by molar-refractivity contribution is 6.32. The first-order valence-corrected chi connectivity index (χ1v) is 17.9. The third kappa shape index (κ3) is 6.38. The van der Waals surface area contributed by atoms with Crippen LogP contribution >= 0.6 is 11.6 Å². The average Bonchev–Trinajstić information content (AvgIpc) is 3.34. The minimum Gasteiger partial charge on any atom is -0.494 e. The lowest BCUT2D eigenvalue weighted by molar-refractivity contribution is -0.0129. The van der Waals surface area contributed by atoms with Gasteiger partial charge in [0.15, 0.2) is 5.72 Å². The zero-order valence-corrected chi connectivity index (χ0v) is 30.9. The van der Waals surface area contributed by atoms with Crippen LogP contribution in [0.5, 0.6) is 11.5 Å². The van der Waals surface area contributed by atoms with Gasteiger partial charge in [-0.05, 0) is 103 Å². The van der Waals surface area contributed by atoms with Crippen LogP contribution in [0.25, 0.3) is 0 Å². The standard InChI is InChI=1S/C41H55ClN2O3/c1-10-12-25-46-31-18-20-35-33(27-31)39(3,4)37(43(35)7)22-17-29-15-14-16-30(38(29)42)23-24-41(45-9)40(5,6)34-28-32(47-26-13-11-2)19-21-36(34)44(41)8/h17-24,27-28H,10-16,25-26H2,1-9H3. The molecule has 0 fully saturated rings. The van der Waals surface area contributed by atoms with Crippen LogP contribution in [-0.4, -0.2) is 40.1 Å². The predicted molar refractivity (Wildman–Crippen MR) is 198 cm³/mol. The van der Waals surface area contributed by atoms with Gasteiger partial charge in [0, 0.05) is 54.1 Å². The fourth-order valence-electron chi connectivity index (χ4n) is 7.64. The van der Waals surface area contributed by atoms with E-state index in [0.717, 1.165) is 86.0 Å². The summed E-state index contributed by atoms with van der Waals surface area (Å²) in [7, 11) is 6.08. The average molecular weight is 659 g/mol. The van der Waals surface area contributed by atoms with Gasteiger partial charge in [0.1, 0.15) is 11.5 Å². The Bertz CT molecular complexity index is 1580. The molecule has 6 heteroatoms. The number of allylic oxidation sites excluding steroid dienone is 7. The van der Waals surface area contributed by atoms with Crippen LogP contribution in [0.2, 0.25) is 0 Å². The smallest absolute Gasteiger partial charge is 0.169 e. The van der Waals surface area contributed by atoms with Crippen molar-refractivity contribution in [3.63, 3.8) is 0 Å². The number of methoxy groups -OCH3 is 1. The Kier molecular flexibility index (Phi) is 10.6. The molecular formula is C41H55ClN2O3. The largest absolute Gasteiger partial charge is 0.494 e. The highest BCUT2D eigenvalue weighted by Gasteiger charge is 2.55. The molecule has 0 saturated carbocycles. The summed E-state index contributed by atoms with van der Waals surface area (Å²) in [4.78, 5) is 4.56. The SMILES string of the molecule is CCCCOc1ccc2c(c1)C(C)(C)C(=CC=C1CCCC(C=CC3(OC)N(C)c4ccc(OCCCC)cc4C3(C)C)=C1Cl)N2C. The zero-order chi connectivity index (χ0) is 34.0. The number of likely N-dealkylation sites (N-methyl/N-ethyl adjacent to an activating group) is 2. The summed E-state index contributed by atoms with van der Waals surface area (Å²) in [6.07, 6.45) is 16.2. The first kappa shape index (κ1) is 35.2. The van der Waals surface area contributed by atoms with E-state index in [-0.39, 0.29) is 10.8 Å². The molecule has 0 radical (unpaired) electrons. The van der Waals surface area contributed by atoms with Gasteiger partial charge in [-0.15, -0.1) is 0 Å². The quantitative estimate of drug-likeness (QED) is 0.212. The first-order valence-electron chi connectivity index (χ1n) is 17.5. The fraction of sp³-hybridized carbons (Fsp3) is 0.512. The maximum absolute atomic E-state index is 7.19. The molecule has 5 rings (SSSR count). The Hall–Kier alpha value is -3.15. The Balaban J connectivity index is 1.41. The van der Waals surface area contributed by atoms with Crippen molar-refractivity contribution >= 4 is 23.0 Å². The third-order valence-corrected chi connectivity index (χ3v) is 11.1. The maximum atomic E-state index is 7.19. The fourth-order valence-corrected chi connectivity index (χ4v) is 7.96. The van der Waals surface area contributed by atoms with Crippen LogP contribution < -0.4 is 19.3 Å². The zero-order valence-electron chi connectivity index (χ0n) is 30.1. The maximum Gasteiger partial charge on any atom is 0.169 e. The van der Waals surface area contributed by atoms with Gasteiger partial charge < -0.3 is 24.0 Å². The van der Waals surface area contributed by atoms with E-state index in [0.29, 0.717) is 0 Å². The Morgan fingerprint density at radius 2 is 1.45 bits per heavy atom. The molecule has 1 atom stereocenters. The lowest BCUT2D eigenvalue weighted by Crippen LogP contribution is -2.54. The van der Waals surface area contributed by atoms with Crippen LogP contribution in [-0.2, 0) is 15.6 Å². The lowest BCUT2D eigenvalue weighted by Gasteiger charge is -2.43. The number of ether oxygens (including phenoxy) is 3. The molecule has 0 aromatic heterocycles. The van der Waals surface area contributed by atoms with E-state index < -0.39 is 5.72 Å². The van der Waals surface area contributed by atoms with Gasteiger partial charge in [-0.1, -0.05) is 78.1 Å². The number of hydrogen-bond acceptors (Lipinski definition) is 5. The van der Waals surface area contributed by atoms with Gasteiger partial charge in [0.2, 0.25) is 0 Å². The summed E-state index contributed by atoms with van der Waals surface area (Å²) in [6.45, 7) is 15.0. The van der Waals surface area contributed by atoms with Gasteiger partial charge >= 0.3 is 0 Å². The van der Waals surface area contributed by atoms with E-state index in [1.54, 1.807) is 7.11 Å². The predicted octanol–water partition coefficient (Wildman–Crippen LogP) is 10.6. The number of nitrogens with zero attached hydrogens (tertiary/aromatic N) is 2. The van der Waals surface area contributed by atoms with Crippen molar-refractivity contribution in [3.8, 4) is 11.5 Å². The summed E-state index contributed by atoms with van der Waals surface area (Å²) >= 11 is 7.19. The molecular weight excluding hydrogens is 604 g/mol. The molecule has 0 amide bonds. The molecule has 0 bridgehead atoms. The lowest BCUT2D eigenvalue weighted by atomic mass is 9.77. The summed E-state index contributed by atoms with van der Waals surface area (Å²) in [5.74, 6) is 1.86. The minimum atomic E-state index is -0.674. The van der Waals surface area contributed by atoms with Crippen molar-refractivity contribution in [3.05, 3.63) is 93.7 Å². The summed E-state index contributed by atoms with van der Waals surface area (Å²) < 4.78 is 18.5. The molecule has 2 heterocycles. The second kappa shape index (κ2) is 14.1. The highest BCUT2D eigenvalue weighted by atomic mass is 35.5. The number of rotatable bonds is 12. The number of hydrogen-bond donors (Lipinski definition) is 0. The molecule has 1 unspecified atom stereocenters. The molecule has 2 aromatic rings. The van der Waals surface area contributed by atoms with Crippen molar-refractivity contribution in [2.75, 3.05) is 44.2 Å². The van der Waals surface area contributed by atoms with E-state index in [4.69, 9.17) is 25.8 Å². The molecule has 0 N–H and O–H groups in total. The van der Waals surface area contributed by atoms with E-state index in [1.165, 1.54) is 28.1 Å². The van der Waals surface area contributed by atoms with E-state index in [1.807, 2.05) is 0 Å². The van der Waals surface area contributed by atoms with Gasteiger partial charge in [-0.2, -0.15) is 0 Å². The van der Waals surface area contributed by atoms with Gasteiger partial charge in [0.05, 0.1) is 13.2 Å². The monoisotopic (exact) mass is 658 g/mol. The number of halogens is 1. The van der Waals surface area contributed by atoms with Gasteiger partial charge in [-0.25, -0.2) is 0 Å². The Morgan fingerprint density at radius 3 is 2.06 bits per heavy atom. The van der Waals surface area contributed by atoms with Crippen LogP contribution in [0.3, 0.4) is 0 Å². The van der Waals surface area contributed by atoms with Crippen LogP contribution in [0, 0.1) is 0 Å². The van der Waals surface area contributed by atoms with Crippen LogP contribution in [0.4, 0.5) is 11.4 Å². The van der Waals surface area contributed by atoms with E-state index >= 15 is 0 Å². The van der Waals surface area contributed by atoms with Crippen molar-refractivity contribution < 1.29 is 14.2 Å². The molecule has 2 aromatic carbocycles. The minimum absolute atomic E-state index is 0.155. The normalized spacial score (nSPS) is 23.3. The molecule has 1 aliphatic carbocycles. The number of anilines is 2. The van der Waals surface area contributed by atoms with Crippen molar-refractivity contribution in [1.82, 2.24) is 0 Å². The van der Waals surface area contributed by atoms with Gasteiger partial charge in [0.25, 0.3) is 0 Å². The molecule has 47 heavy (non-hydrogen) atoms. The summed E-state index contributed by atoms with van der Waals surface area (Å²) in [5, 5.41) is 0.848. The second-order valence-corrected chi connectivity index (χ2v) is 14.7. The summed E-state index contributed by atoms with van der Waals surface area (Å²) in [5.41, 5.74) is 7.32. The van der Waals surface area contributed by atoms with E-state index in [2.05, 4.69) is 126 Å². The molecule has 3 aliphatic rings. The molecule has 2 aliphatic heterocycles. The highest BCUT2D eigenvalue weighted by Crippen LogP contribution is 2.53. The van der Waals surface area contributed by atoms with Crippen molar-refractivity contribution in [2.24, 2.45) is 0 Å². The van der Waals surface area contributed by atoms with E-state index in [9.17, 15) is 0 Å². The Labute approximate surface area is 288 Å². The summed E-state index contributed by atoms with van der Waals surface area (Å²) in [6, 6.07) is 12.9. The topological polar surface area (TPSA) is 34.2 Å². The van der Waals surface area contributed by atoms with Gasteiger partial charge in [-0.3, -0.25) is 0 Å². The van der Waals surface area contributed by atoms with Crippen LogP contribution in [0.1, 0.15) is 97.6 Å². The molecule has 5 nitrogen and oxygen atoms in total. The Morgan fingerprint density at radius 1 is 0.830 bits per heavy atom. The molecule has 0 saturated heterocycles. The molecule has 254 valence electrons. The first-order chi connectivity index (χ1) is 22.4. The molecule has 0 spiro atoms. The second-order valence-electron chi connectivity index (χ2n) is 14.3. The van der Waals surface area contributed by atoms with Crippen molar-refractivity contribution in [2.45, 2.75) is 103 Å². The van der Waals surface area contributed by atoms with Crippen LogP contribution in [0.15, 0.2) is 82.6 Å².